The first-order valence-electron chi connectivity index (χ1n) is 12.5. The third-order valence-electron chi connectivity index (χ3n) is 7.19. The van der Waals surface area contributed by atoms with Crippen molar-refractivity contribution in [3.63, 3.8) is 0 Å². The molecule has 6 aromatic carbocycles. The molecule has 1 N–H and O–H groups in total. The molecule has 0 fully saturated rings. The van der Waals surface area contributed by atoms with E-state index in [0.29, 0.717) is 5.75 Å². The molecular weight excluding hydrogens is 542 g/mol. The van der Waals surface area contributed by atoms with Gasteiger partial charge in [-0.1, -0.05) is 54.6 Å². The van der Waals surface area contributed by atoms with Crippen LogP contribution in [0.15, 0.2) is 97.1 Å². The number of hydrogen-bond donors (Lipinski definition) is 1. The molecule has 0 amide bonds. The minimum atomic E-state index is -0.841. The predicted octanol–water partition coefficient (Wildman–Crippen LogP) is 7.47. The summed E-state index contributed by atoms with van der Waals surface area (Å²) in [6, 6.07) is 27.5. The average Bonchev–Trinajstić information content (AvgIpc) is 3.27. The Kier molecular flexibility index (Phi) is 6.04. The van der Waals surface area contributed by atoms with E-state index in [1.54, 1.807) is 6.07 Å². The number of ketones is 1. The van der Waals surface area contributed by atoms with Crippen molar-refractivity contribution in [3.8, 4) is 16.9 Å². The third kappa shape index (κ3) is 4.21. The number of aromatic hydroxyl groups is 1. The molecule has 0 saturated carbocycles. The number of carbonyl (C=O) groups excluding carboxylic acids is 1. The smallest absolute Gasteiger partial charge is 0.284 e. The number of hydrogen-bond acceptors (Lipinski definition) is 8. The van der Waals surface area contributed by atoms with E-state index >= 15 is 0 Å². The summed E-state index contributed by atoms with van der Waals surface area (Å²) < 4.78 is 0. The number of fused-ring (bicyclic) bond motifs is 8. The maximum absolute atomic E-state index is 12.3. The summed E-state index contributed by atoms with van der Waals surface area (Å²) in [5, 5.41) is 49.8. The molecule has 204 valence electrons. The lowest BCUT2D eigenvalue weighted by Gasteiger charge is -2.08. The summed E-state index contributed by atoms with van der Waals surface area (Å²) in [4.78, 5) is 42.8. The Morgan fingerprint density at radius 3 is 1.86 bits per heavy atom. The fourth-order valence-corrected chi connectivity index (χ4v) is 5.33. The van der Waals surface area contributed by atoms with Gasteiger partial charge in [0.2, 0.25) is 0 Å². The summed E-state index contributed by atoms with van der Waals surface area (Å²) in [5.41, 5.74) is -1.73. The molecule has 11 heteroatoms. The van der Waals surface area contributed by atoms with Crippen LogP contribution in [-0.4, -0.2) is 25.7 Å². The van der Waals surface area contributed by atoms with Gasteiger partial charge in [-0.2, -0.15) is 0 Å². The van der Waals surface area contributed by atoms with Crippen LogP contribution in [-0.2, 0) is 0 Å². The highest BCUT2D eigenvalue weighted by Crippen LogP contribution is 2.45. The van der Waals surface area contributed by atoms with Crippen molar-refractivity contribution in [3.05, 3.63) is 139 Å². The van der Waals surface area contributed by atoms with Crippen LogP contribution < -0.4 is 0 Å². The van der Waals surface area contributed by atoms with E-state index in [2.05, 4.69) is 48.5 Å². The molecule has 0 radical (unpaired) electrons. The number of phenols is 1. The van der Waals surface area contributed by atoms with Crippen LogP contribution in [0.1, 0.15) is 15.9 Å². The number of non-ortho nitro benzene ring substituents is 2. The first kappa shape index (κ1) is 26.0. The van der Waals surface area contributed by atoms with Gasteiger partial charge in [0.05, 0.1) is 26.4 Å². The lowest BCUT2D eigenvalue weighted by Crippen LogP contribution is -2.00. The van der Waals surface area contributed by atoms with Crippen LogP contribution >= 0.6 is 0 Å². The Bertz CT molecular complexity index is 2170. The molecule has 1 aliphatic carbocycles. The SMILES string of the molecule is O=C1c2cc([N+](=O)[O-])ccc2-c2c1cc([N+](=O)[O-])cc2[N+](=O)[O-].Oc1ccc2ccc3ccc4ccccc4c3c2c1. The zero-order chi connectivity index (χ0) is 29.7. The standard InChI is InChI=1S/C18H12O.C13H5N3O7/c19-15-10-9-13-6-8-14-7-5-12-3-1-2-4-16(12)18(14)17(13)11-15;17-13-9-3-6(14(18)19)1-2-8(9)12-10(13)4-7(15(20)21)5-11(12)16(22)23/h1-11,19H;1-5H. The first-order valence-corrected chi connectivity index (χ1v) is 12.5. The number of nitro benzene ring substituents is 3. The molecule has 0 aliphatic heterocycles. The highest BCUT2D eigenvalue weighted by Gasteiger charge is 2.36. The largest absolute Gasteiger partial charge is 0.508 e. The third-order valence-corrected chi connectivity index (χ3v) is 7.19. The first-order chi connectivity index (χ1) is 20.1. The lowest BCUT2D eigenvalue weighted by atomic mass is 9.96. The fourth-order valence-electron chi connectivity index (χ4n) is 5.33. The second kappa shape index (κ2) is 9.75. The molecule has 0 bridgehead atoms. The summed E-state index contributed by atoms with van der Waals surface area (Å²) >= 11 is 0. The van der Waals surface area contributed by atoms with Gasteiger partial charge in [0.25, 0.3) is 17.1 Å². The second-order valence-electron chi connectivity index (χ2n) is 9.57. The van der Waals surface area contributed by atoms with Gasteiger partial charge in [-0.3, -0.25) is 35.1 Å². The lowest BCUT2D eigenvalue weighted by molar-refractivity contribution is -0.393. The molecular formula is C31H17N3O8. The molecule has 0 heterocycles. The summed E-state index contributed by atoms with van der Waals surface area (Å²) in [6.45, 7) is 0. The van der Waals surface area contributed by atoms with Gasteiger partial charge in [0.1, 0.15) is 5.75 Å². The maximum Gasteiger partial charge on any atom is 0.284 e. The van der Waals surface area contributed by atoms with Crippen LogP contribution in [0.2, 0.25) is 0 Å². The van der Waals surface area contributed by atoms with Crippen LogP contribution in [0.25, 0.3) is 43.4 Å². The van der Waals surface area contributed by atoms with Crippen LogP contribution in [0, 0.1) is 30.3 Å². The molecule has 42 heavy (non-hydrogen) atoms. The molecule has 7 rings (SSSR count). The normalized spacial score (nSPS) is 11.6. The Balaban J connectivity index is 0.000000153. The molecule has 0 unspecified atom stereocenters. The number of carbonyl (C=O) groups is 1. The fraction of sp³-hybridized carbons (Fsp3) is 0. The van der Waals surface area contributed by atoms with E-state index in [1.807, 2.05) is 12.1 Å². The van der Waals surface area contributed by atoms with Crippen molar-refractivity contribution in [1.82, 2.24) is 0 Å². The van der Waals surface area contributed by atoms with Crippen LogP contribution in [0.4, 0.5) is 17.1 Å². The minimum Gasteiger partial charge on any atom is -0.508 e. The van der Waals surface area contributed by atoms with Gasteiger partial charge in [-0.15, -0.1) is 0 Å². The van der Waals surface area contributed by atoms with E-state index in [4.69, 9.17) is 0 Å². The van der Waals surface area contributed by atoms with E-state index in [9.17, 15) is 40.2 Å². The zero-order valence-corrected chi connectivity index (χ0v) is 21.4. The minimum absolute atomic E-state index is 0.0597. The molecule has 0 saturated heterocycles. The Hall–Kier alpha value is -6.23. The van der Waals surface area contributed by atoms with Crippen molar-refractivity contribution < 1.29 is 24.7 Å². The van der Waals surface area contributed by atoms with Crippen molar-refractivity contribution in [1.29, 1.82) is 0 Å². The molecule has 6 aromatic rings. The number of phenolic OH excluding ortho intramolecular Hbond substituents is 1. The van der Waals surface area contributed by atoms with Crippen molar-refractivity contribution in [2.45, 2.75) is 0 Å². The monoisotopic (exact) mass is 559 g/mol. The average molecular weight is 559 g/mol. The second-order valence-corrected chi connectivity index (χ2v) is 9.57. The topological polar surface area (TPSA) is 167 Å². The van der Waals surface area contributed by atoms with Gasteiger partial charge >= 0.3 is 0 Å². The summed E-state index contributed by atoms with van der Waals surface area (Å²) in [6.07, 6.45) is 0. The van der Waals surface area contributed by atoms with E-state index in [1.165, 1.54) is 27.6 Å². The maximum atomic E-state index is 12.3. The molecule has 1 aliphatic rings. The molecule has 0 aromatic heterocycles. The summed E-state index contributed by atoms with van der Waals surface area (Å²) in [7, 11) is 0. The van der Waals surface area contributed by atoms with Crippen molar-refractivity contribution in [2.24, 2.45) is 0 Å². The summed E-state index contributed by atoms with van der Waals surface area (Å²) in [5.74, 6) is -0.404. The Morgan fingerprint density at radius 2 is 1.17 bits per heavy atom. The predicted molar refractivity (Wildman–Crippen MR) is 156 cm³/mol. The van der Waals surface area contributed by atoms with E-state index in [-0.39, 0.29) is 27.9 Å². The Labute approximate surface area is 235 Å². The van der Waals surface area contributed by atoms with Crippen molar-refractivity contribution in [2.75, 3.05) is 0 Å². The molecule has 0 spiro atoms. The number of rotatable bonds is 3. The van der Waals surface area contributed by atoms with E-state index in [0.717, 1.165) is 35.0 Å². The van der Waals surface area contributed by atoms with Gasteiger partial charge in [0.15, 0.2) is 5.78 Å². The van der Waals surface area contributed by atoms with Gasteiger partial charge in [0, 0.05) is 34.9 Å². The van der Waals surface area contributed by atoms with Crippen LogP contribution in [0.5, 0.6) is 5.75 Å². The number of benzene rings is 6. The van der Waals surface area contributed by atoms with Gasteiger partial charge in [-0.25, -0.2) is 0 Å². The Morgan fingerprint density at radius 1 is 0.548 bits per heavy atom. The highest BCUT2D eigenvalue weighted by molar-refractivity contribution is 6.24. The quantitative estimate of drug-likeness (QED) is 0.132. The number of nitrogens with zero attached hydrogens (tertiary/aromatic N) is 3. The van der Waals surface area contributed by atoms with Crippen LogP contribution in [0.3, 0.4) is 0 Å². The number of nitro groups is 3. The zero-order valence-electron chi connectivity index (χ0n) is 21.4. The van der Waals surface area contributed by atoms with E-state index < -0.39 is 31.9 Å². The van der Waals surface area contributed by atoms with Crippen molar-refractivity contribution >= 4 is 55.2 Å². The highest BCUT2D eigenvalue weighted by atomic mass is 16.6. The molecule has 11 nitrogen and oxygen atoms in total. The van der Waals surface area contributed by atoms with Gasteiger partial charge in [-0.05, 0) is 50.5 Å². The molecule has 0 atom stereocenters. The van der Waals surface area contributed by atoms with Gasteiger partial charge < -0.3 is 5.11 Å².